The molecule has 0 aromatic carbocycles. The third-order valence-corrected chi connectivity index (χ3v) is 8.90. The van der Waals surface area contributed by atoms with Gasteiger partial charge in [0.2, 0.25) is 11.1 Å². The van der Waals surface area contributed by atoms with Gasteiger partial charge >= 0.3 is 12.1 Å². The molecule has 13 nitrogen and oxygen atoms in total. The van der Waals surface area contributed by atoms with Crippen LogP contribution in [0.4, 0.5) is 4.79 Å². The lowest BCUT2D eigenvalue weighted by atomic mass is 10.0. The highest BCUT2D eigenvalue weighted by Gasteiger charge is 2.54. The Hall–Kier alpha value is -3.11. The average molecular weight is 582 g/mol. The van der Waals surface area contributed by atoms with E-state index in [0.29, 0.717) is 16.5 Å². The summed E-state index contributed by atoms with van der Waals surface area (Å²) < 4.78 is 5.21. The van der Waals surface area contributed by atoms with Gasteiger partial charge < -0.3 is 20.5 Å². The minimum atomic E-state index is -1.20. The summed E-state index contributed by atoms with van der Waals surface area (Å²) in [5.74, 6) is -1.61. The first kappa shape index (κ1) is 27.9. The van der Waals surface area contributed by atoms with Crippen LogP contribution in [0.25, 0.3) is 0 Å². The molecule has 1 fully saturated rings. The van der Waals surface area contributed by atoms with Gasteiger partial charge in [-0.15, -0.1) is 28.2 Å². The Bertz CT molecular complexity index is 1260. The number of carbonyl (C=O) groups excluding carboxylic acids is 3. The molecule has 2 aromatic heterocycles. The van der Waals surface area contributed by atoms with E-state index in [1.807, 2.05) is 13.0 Å². The van der Waals surface area contributed by atoms with Crippen LogP contribution in [0.1, 0.15) is 37.4 Å². The molecular weight excluding hydrogens is 554 g/mol. The lowest BCUT2D eigenvalue weighted by Crippen LogP contribution is -2.70. The highest BCUT2D eigenvalue weighted by Crippen LogP contribution is 2.43. The number of ether oxygens (including phenoxy) is 1. The number of carboxylic acids is 1. The summed E-state index contributed by atoms with van der Waals surface area (Å²) in [4.78, 5) is 52.5. The van der Waals surface area contributed by atoms with Crippen LogP contribution >= 0.6 is 34.9 Å². The number of β-lactam (4-membered cyclic amide) rings is 1. The number of alkyl carbamates (subject to hydrolysis) is 1. The number of H-pyrrole nitrogens is 1. The summed E-state index contributed by atoms with van der Waals surface area (Å²) >= 11 is 4.04. The Morgan fingerprint density at radius 3 is 2.71 bits per heavy atom. The van der Waals surface area contributed by atoms with Crippen molar-refractivity contribution in [1.82, 2.24) is 36.2 Å². The second-order valence-electron chi connectivity index (χ2n) is 9.50. The minimum absolute atomic E-state index is 0.0582. The smallest absolute Gasteiger partial charge is 0.407 e. The number of nitrogens with zero attached hydrogens (tertiary/aromatic N) is 4. The zero-order chi connectivity index (χ0) is 27.6. The molecule has 38 heavy (non-hydrogen) atoms. The van der Waals surface area contributed by atoms with Crippen molar-refractivity contribution in [2.75, 3.05) is 5.75 Å². The zero-order valence-electron chi connectivity index (χ0n) is 21.0. The Morgan fingerprint density at radius 1 is 1.32 bits per heavy atom. The van der Waals surface area contributed by atoms with E-state index >= 15 is 0 Å². The van der Waals surface area contributed by atoms with Crippen molar-refractivity contribution in [3.05, 3.63) is 33.2 Å². The summed E-state index contributed by atoms with van der Waals surface area (Å²) in [6.07, 6.45) is -0.464. The zero-order valence-corrected chi connectivity index (χ0v) is 23.5. The number of rotatable bonds is 9. The number of carbonyl (C=O) groups is 4. The fraction of sp³-hybridized carbons (Fsp3) is 0.500. The number of thioether (sulfide) groups is 2. The van der Waals surface area contributed by atoms with Crippen LogP contribution in [-0.2, 0) is 32.1 Å². The number of aliphatic carboxylic acids is 1. The molecule has 204 valence electrons. The van der Waals surface area contributed by atoms with Crippen molar-refractivity contribution in [1.29, 1.82) is 0 Å². The monoisotopic (exact) mass is 581 g/mol. The van der Waals surface area contributed by atoms with Gasteiger partial charge in [-0.25, -0.2) is 14.7 Å². The number of amides is 3. The normalized spacial score (nSPS) is 19.9. The first-order valence-electron chi connectivity index (χ1n) is 11.6. The van der Waals surface area contributed by atoms with Gasteiger partial charge in [0, 0.05) is 20.8 Å². The number of thiophene rings is 1. The Labute approximate surface area is 230 Å². The molecule has 2 aliphatic rings. The molecule has 16 heteroatoms. The molecule has 0 radical (unpaired) electrons. The van der Waals surface area contributed by atoms with Gasteiger partial charge in [0.05, 0.1) is 13.0 Å². The van der Waals surface area contributed by atoms with Crippen LogP contribution in [0.15, 0.2) is 28.6 Å². The molecule has 2 aliphatic heterocycles. The van der Waals surface area contributed by atoms with Gasteiger partial charge in [-0.2, -0.15) is 0 Å². The molecule has 0 spiro atoms. The second kappa shape index (κ2) is 11.3. The predicted molar refractivity (Wildman–Crippen MR) is 140 cm³/mol. The minimum Gasteiger partial charge on any atom is -0.477 e. The van der Waals surface area contributed by atoms with E-state index in [9.17, 15) is 24.3 Å². The Morgan fingerprint density at radius 2 is 2.05 bits per heavy atom. The van der Waals surface area contributed by atoms with E-state index in [1.165, 1.54) is 39.8 Å². The maximum Gasteiger partial charge on any atom is 0.407 e. The second-order valence-corrected chi connectivity index (χ2v) is 13.2. The summed E-state index contributed by atoms with van der Waals surface area (Å²) in [7, 11) is 0. The first-order valence-corrected chi connectivity index (χ1v) is 14.3. The molecule has 1 saturated heterocycles. The van der Waals surface area contributed by atoms with Gasteiger partial charge in [0.15, 0.2) is 0 Å². The van der Waals surface area contributed by atoms with Gasteiger partial charge in [-0.05, 0) is 55.8 Å². The largest absolute Gasteiger partial charge is 0.477 e. The molecule has 3 atom stereocenters. The third kappa shape index (κ3) is 6.47. The van der Waals surface area contributed by atoms with Gasteiger partial charge in [0.25, 0.3) is 5.91 Å². The highest BCUT2D eigenvalue weighted by molar-refractivity contribution is 8.01. The Balaban J connectivity index is 1.33. The van der Waals surface area contributed by atoms with Crippen LogP contribution in [0.5, 0.6) is 0 Å². The molecular formula is C22H27N7O6S3. The SMILES string of the molecule is CC(Sc1nnn[nH]1)C1=C(C(=O)O)N2C(=O)[C@@H](NC(=O)Cc3ccc(CNC(=O)OC(C)(C)C)s3)[C@@H]2SC1. The molecule has 4 heterocycles. The molecule has 4 rings (SSSR count). The lowest BCUT2D eigenvalue weighted by Gasteiger charge is -2.50. The van der Waals surface area contributed by atoms with Crippen molar-refractivity contribution < 1.29 is 29.0 Å². The van der Waals surface area contributed by atoms with Crippen LogP contribution in [0.3, 0.4) is 0 Å². The number of carboxylic acid groups (broad SMARTS) is 1. The number of nitrogens with one attached hydrogen (secondary N) is 3. The summed E-state index contributed by atoms with van der Waals surface area (Å²) in [6, 6.07) is 2.80. The number of aromatic amines is 1. The van der Waals surface area contributed by atoms with E-state index in [0.717, 1.165) is 9.75 Å². The van der Waals surface area contributed by atoms with Crippen molar-refractivity contribution >= 4 is 58.7 Å². The van der Waals surface area contributed by atoms with Crippen molar-refractivity contribution in [3.8, 4) is 0 Å². The number of tetrazole rings is 1. The van der Waals surface area contributed by atoms with Crippen LogP contribution in [0, 0.1) is 0 Å². The summed E-state index contributed by atoms with van der Waals surface area (Å²) in [6.45, 7) is 7.44. The number of hydrogen-bond acceptors (Lipinski definition) is 11. The van der Waals surface area contributed by atoms with E-state index in [1.54, 1.807) is 26.8 Å². The van der Waals surface area contributed by atoms with Crippen LogP contribution in [-0.4, -0.2) is 82.5 Å². The maximum atomic E-state index is 12.9. The fourth-order valence-corrected chi connectivity index (χ4v) is 7.25. The van der Waals surface area contributed by atoms with E-state index < -0.39 is 35.0 Å². The fourth-order valence-electron chi connectivity index (χ4n) is 3.86. The van der Waals surface area contributed by atoms with E-state index in [-0.39, 0.29) is 29.8 Å². The number of fused-ring (bicyclic) bond motifs is 1. The molecule has 1 unspecified atom stereocenters. The topological polar surface area (TPSA) is 179 Å². The van der Waals surface area contributed by atoms with Gasteiger partial charge in [0.1, 0.15) is 22.7 Å². The first-order chi connectivity index (χ1) is 17.9. The lowest BCUT2D eigenvalue weighted by molar-refractivity contribution is -0.150. The van der Waals surface area contributed by atoms with E-state index in [2.05, 4.69) is 31.3 Å². The summed E-state index contributed by atoms with van der Waals surface area (Å²) in [5.41, 5.74) is -0.0650. The Kier molecular flexibility index (Phi) is 8.32. The molecule has 0 bridgehead atoms. The molecule has 0 aliphatic carbocycles. The predicted octanol–water partition coefficient (Wildman–Crippen LogP) is 1.75. The summed E-state index contributed by atoms with van der Waals surface area (Å²) in [5, 5.41) is 28.4. The van der Waals surface area contributed by atoms with Crippen LogP contribution in [0.2, 0.25) is 0 Å². The van der Waals surface area contributed by atoms with Gasteiger partial charge in [-0.1, -0.05) is 11.8 Å². The van der Waals surface area contributed by atoms with Crippen molar-refractivity contribution in [3.63, 3.8) is 0 Å². The maximum absolute atomic E-state index is 12.9. The highest BCUT2D eigenvalue weighted by atomic mass is 32.2. The van der Waals surface area contributed by atoms with Crippen molar-refractivity contribution in [2.24, 2.45) is 0 Å². The quantitative estimate of drug-likeness (QED) is 0.250. The number of aromatic nitrogens is 4. The molecule has 2 aromatic rings. The van der Waals surface area contributed by atoms with Crippen LogP contribution < -0.4 is 10.6 Å². The molecule has 4 N–H and O–H groups in total. The third-order valence-electron chi connectivity index (χ3n) is 5.48. The molecule has 3 amide bonds. The molecule has 0 saturated carbocycles. The van der Waals surface area contributed by atoms with Gasteiger partial charge in [-0.3, -0.25) is 14.5 Å². The van der Waals surface area contributed by atoms with Crippen molar-refractivity contribution in [2.45, 2.75) is 68.1 Å². The number of hydrogen-bond donors (Lipinski definition) is 4. The van der Waals surface area contributed by atoms with E-state index in [4.69, 9.17) is 4.74 Å². The standard InChI is InChI=1S/C22H27N7O6S3/c1-10(37-20-25-27-28-26-20)13-9-36-18-15(17(31)29(18)16(13)19(32)33)24-14(30)7-11-5-6-12(38-11)8-23-21(34)35-22(2,3)4/h5-6,10,15,18H,7-9H2,1-4H3,(H,23,34)(H,24,30)(H,32,33)(H,25,26,27,28)/t10?,15-,18+/m1/s1. The average Bonchev–Trinajstić information content (AvgIpc) is 3.51.